The van der Waals surface area contributed by atoms with Gasteiger partial charge in [-0.05, 0) is 26.7 Å². The molecule has 2 rings (SSSR count). The van der Waals surface area contributed by atoms with E-state index in [1.165, 1.54) is 6.20 Å². The van der Waals surface area contributed by atoms with Gasteiger partial charge in [-0.1, -0.05) is 0 Å². The van der Waals surface area contributed by atoms with Gasteiger partial charge in [0.2, 0.25) is 5.95 Å². The highest BCUT2D eigenvalue weighted by molar-refractivity contribution is 5.88. The second-order valence-corrected chi connectivity index (χ2v) is 4.54. The molecule has 2 atom stereocenters. The number of carboxylic acid groups (broad SMARTS) is 1. The maximum absolute atomic E-state index is 10.8. The Morgan fingerprint density at radius 1 is 1.61 bits per heavy atom. The van der Waals surface area contributed by atoms with E-state index in [0.29, 0.717) is 11.6 Å². The summed E-state index contributed by atoms with van der Waals surface area (Å²) in [7, 11) is 0. The summed E-state index contributed by atoms with van der Waals surface area (Å²) in [6, 6.07) is 0.281. The van der Waals surface area contributed by atoms with Crippen LogP contribution in [0, 0.1) is 6.92 Å². The van der Waals surface area contributed by atoms with Gasteiger partial charge in [0.05, 0.1) is 17.4 Å². The molecule has 18 heavy (non-hydrogen) atoms. The SMILES string of the molecule is Cc1nc(NC2CCOC(C)C2)ncc1C(=O)O. The highest BCUT2D eigenvalue weighted by atomic mass is 16.5. The summed E-state index contributed by atoms with van der Waals surface area (Å²) in [5.41, 5.74) is 0.612. The molecule has 0 radical (unpaired) electrons. The largest absolute Gasteiger partial charge is 0.478 e. The lowest BCUT2D eigenvalue weighted by Gasteiger charge is -2.27. The Balaban J connectivity index is 2.05. The van der Waals surface area contributed by atoms with Crippen LogP contribution >= 0.6 is 0 Å². The molecule has 1 fully saturated rings. The van der Waals surface area contributed by atoms with Gasteiger partial charge in [0.15, 0.2) is 0 Å². The molecular formula is C12H17N3O3. The maximum Gasteiger partial charge on any atom is 0.339 e. The van der Waals surface area contributed by atoms with Crippen molar-refractivity contribution in [2.24, 2.45) is 0 Å². The van der Waals surface area contributed by atoms with Crippen LogP contribution in [-0.4, -0.2) is 39.8 Å². The third-order valence-corrected chi connectivity index (χ3v) is 3.03. The molecule has 2 unspecified atom stereocenters. The van der Waals surface area contributed by atoms with Crippen LogP contribution in [-0.2, 0) is 4.74 Å². The highest BCUT2D eigenvalue weighted by Crippen LogP contribution is 2.17. The number of carboxylic acids is 1. The fraction of sp³-hybridized carbons (Fsp3) is 0.583. The van der Waals surface area contributed by atoms with E-state index in [-0.39, 0.29) is 17.7 Å². The minimum atomic E-state index is -1.00. The fourth-order valence-electron chi connectivity index (χ4n) is 2.06. The maximum atomic E-state index is 10.8. The van der Waals surface area contributed by atoms with Crippen LogP contribution in [0.15, 0.2) is 6.20 Å². The third kappa shape index (κ3) is 2.95. The highest BCUT2D eigenvalue weighted by Gasteiger charge is 2.20. The van der Waals surface area contributed by atoms with Gasteiger partial charge in [-0.25, -0.2) is 14.8 Å². The molecule has 0 aromatic carbocycles. The molecule has 6 nitrogen and oxygen atoms in total. The first-order chi connectivity index (χ1) is 8.56. The zero-order chi connectivity index (χ0) is 13.1. The van der Waals surface area contributed by atoms with E-state index in [2.05, 4.69) is 15.3 Å². The summed E-state index contributed by atoms with van der Waals surface area (Å²) in [6.07, 6.45) is 3.39. The Morgan fingerprint density at radius 3 is 3.00 bits per heavy atom. The number of nitrogens with zero attached hydrogens (tertiary/aromatic N) is 2. The number of anilines is 1. The lowest BCUT2D eigenvalue weighted by molar-refractivity contribution is 0.0231. The van der Waals surface area contributed by atoms with Crippen molar-refractivity contribution in [1.29, 1.82) is 0 Å². The Bertz CT molecular complexity index is 450. The van der Waals surface area contributed by atoms with Crippen molar-refractivity contribution in [1.82, 2.24) is 9.97 Å². The molecule has 0 bridgehead atoms. The molecule has 2 N–H and O–H groups in total. The number of nitrogens with one attached hydrogen (secondary N) is 1. The number of carbonyl (C=O) groups is 1. The van der Waals surface area contributed by atoms with E-state index in [1.54, 1.807) is 6.92 Å². The van der Waals surface area contributed by atoms with Crippen molar-refractivity contribution in [2.75, 3.05) is 11.9 Å². The molecule has 1 aromatic rings. The monoisotopic (exact) mass is 251 g/mol. The summed E-state index contributed by atoms with van der Waals surface area (Å²) in [5, 5.41) is 12.1. The standard InChI is InChI=1S/C12H17N3O3/c1-7-5-9(3-4-18-7)15-12-13-6-10(11(16)17)8(2)14-12/h6-7,9H,3-5H2,1-2H3,(H,16,17)(H,13,14,15). The molecule has 6 heteroatoms. The number of hydrogen-bond acceptors (Lipinski definition) is 5. The van der Waals surface area contributed by atoms with Gasteiger partial charge < -0.3 is 15.2 Å². The summed E-state index contributed by atoms with van der Waals surface area (Å²) < 4.78 is 5.46. The number of aromatic carboxylic acids is 1. The van der Waals surface area contributed by atoms with Gasteiger partial charge in [0.1, 0.15) is 0 Å². The predicted octanol–water partition coefficient (Wildman–Crippen LogP) is 1.46. The Labute approximate surface area is 105 Å². The van der Waals surface area contributed by atoms with Crippen molar-refractivity contribution < 1.29 is 14.6 Å². The zero-order valence-corrected chi connectivity index (χ0v) is 10.5. The molecule has 0 saturated carbocycles. The predicted molar refractivity (Wildman–Crippen MR) is 65.8 cm³/mol. The molecular weight excluding hydrogens is 234 g/mol. The molecule has 2 heterocycles. The summed E-state index contributed by atoms with van der Waals surface area (Å²) in [6.45, 7) is 4.43. The van der Waals surface area contributed by atoms with E-state index < -0.39 is 5.97 Å². The summed E-state index contributed by atoms with van der Waals surface area (Å²) in [5.74, 6) is -0.518. The smallest absolute Gasteiger partial charge is 0.339 e. The minimum Gasteiger partial charge on any atom is -0.478 e. The molecule has 0 spiro atoms. The van der Waals surface area contributed by atoms with E-state index in [9.17, 15) is 4.79 Å². The van der Waals surface area contributed by atoms with E-state index in [0.717, 1.165) is 19.4 Å². The van der Waals surface area contributed by atoms with Crippen LogP contribution in [0.5, 0.6) is 0 Å². The van der Waals surface area contributed by atoms with Gasteiger partial charge in [-0.15, -0.1) is 0 Å². The molecule has 1 aliphatic heterocycles. The molecule has 0 aliphatic carbocycles. The normalized spacial score (nSPS) is 23.7. The van der Waals surface area contributed by atoms with Crippen molar-refractivity contribution >= 4 is 11.9 Å². The molecule has 98 valence electrons. The molecule has 0 amide bonds. The van der Waals surface area contributed by atoms with Gasteiger partial charge in [-0.3, -0.25) is 0 Å². The number of rotatable bonds is 3. The minimum absolute atomic E-state index is 0.140. The van der Waals surface area contributed by atoms with Crippen molar-refractivity contribution in [2.45, 2.75) is 38.8 Å². The first-order valence-corrected chi connectivity index (χ1v) is 6.01. The van der Waals surface area contributed by atoms with Gasteiger partial charge in [0, 0.05) is 18.8 Å². The number of aromatic nitrogens is 2. The molecule has 1 aliphatic rings. The van der Waals surface area contributed by atoms with Crippen LogP contribution in [0.4, 0.5) is 5.95 Å². The van der Waals surface area contributed by atoms with Crippen molar-refractivity contribution in [3.63, 3.8) is 0 Å². The zero-order valence-electron chi connectivity index (χ0n) is 10.5. The van der Waals surface area contributed by atoms with Gasteiger partial charge in [0.25, 0.3) is 0 Å². The quantitative estimate of drug-likeness (QED) is 0.846. The van der Waals surface area contributed by atoms with Gasteiger partial charge >= 0.3 is 5.97 Å². The Kier molecular flexibility index (Phi) is 3.76. The second-order valence-electron chi connectivity index (χ2n) is 4.54. The van der Waals surface area contributed by atoms with E-state index in [1.807, 2.05) is 6.92 Å². The molecule has 1 aromatic heterocycles. The average Bonchev–Trinajstić information content (AvgIpc) is 2.28. The van der Waals surface area contributed by atoms with E-state index in [4.69, 9.17) is 9.84 Å². The lowest BCUT2D eigenvalue weighted by Crippen LogP contribution is -2.33. The number of hydrogen-bond donors (Lipinski definition) is 2. The van der Waals surface area contributed by atoms with Crippen LogP contribution in [0.2, 0.25) is 0 Å². The number of aryl methyl sites for hydroxylation is 1. The van der Waals surface area contributed by atoms with Gasteiger partial charge in [-0.2, -0.15) is 0 Å². The number of ether oxygens (including phenoxy) is 1. The molecule has 1 saturated heterocycles. The van der Waals surface area contributed by atoms with Crippen LogP contribution in [0.25, 0.3) is 0 Å². The summed E-state index contributed by atoms with van der Waals surface area (Å²) >= 11 is 0. The van der Waals surface area contributed by atoms with Crippen LogP contribution < -0.4 is 5.32 Å². The topological polar surface area (TPSA) is 84.3 Å². The average molecular weight is 251 g/mol. The van der Waals surface area contributed by atoms with E-state index >= 15 is 0 Å². The van der Waals surface area contributed by atoms with Crippen molar-refractivity contribution in [3.05, 3.63) is 17.5 Å². The second kappa shape index (κ2) is 5.30. The van der Waals surface area contributed by atoms with Crippen LogP contribution in [0.1, 0.15) is 35.8 Å². The lowest BCUT2D eigenvalue weighted by atomic mass is 10.0. The Morgan fingerprint density at radius 2 is 2.39 bits per heavy atom. The third-order valence-electron chi connectivity index (χ3n) is 3.03. The first kappa shape index (κ1) is 12.8. The van der Waals surface area contributed by atoms with Crippen LogP contribution in [0.3, 0.4) is 0 Å². The fourth-order valence-corrected chi connectivity index (χ4v) is 2.06. The Hall–Kier alpha value is -1.69. The van der Waals surface area contributed by atoms with Crippen molar-refractivity contribution in [3.8, 4) is 0 Å². The summed E-state index contributed by atoms with van der Waals surface area (Å²) in [4.78, 5) is 19.1. The first-order valence-electron chi connectivity index (χ1n) is 6.01.